The van der Waals surface area contributed by atoms with Gasteiger partial charge in [0.25, 0.3) is 0 Å². The molecule has 1 heterocycles. The zero-order valence-electron chi connectivity index (χ0n) is 28.4. The smallest absolute Gasteiger partial charge is 0.135 e. The van der Waals surface area contributed by atoms with E-state index in [1.54, 1.807) is 0 Å². The number of anilines is 3. The molecule has 0 aliphatic heterocycles. The first-order chi connectivity index (χ1) is 25.8. The van der Waals surface area contributed by atoms with E-state index in [4.69, 9.17) is 4.42 Å². The maximum atomic E-state index is 6.29. The fourth-order valence-corrected chi connectivity index (χ4v) is 7.83. The second-order valence-corrected chi connectivity index (χ2v) is 13.3. The van der Waals surface area contributed by atoms with Gasteiger partial charge in [0, 0.05) is 27.3 Å². The molecule has 0 saturated heterocycles. The Morgan fingerprint density at radius 1 is 0.308 bits per heavy atom. The third kappa shape index (κ3) is 5.04. The molecule has 0 spiro atoms. The van der Waals surface area contributed by atoms with Crippen LogP contribution in [-0.2, 0) is 0 Å². The van der Waals surface area contributed by atoms with Gasteiger partial charge in [-0.3, -0.25) is 0 Å². The van der Waals surface area contributed by atoms with Crippen LogP contribution in [-0.4, -0.2) is 0 Å². The molecule has 2 heteroatoms. The molecule has 0 atom stereocenters. The standard InChI is InChI=1S/C50H33NO/c1-2-15-34(16-3-1)41-22-11-12-27-46(41)51(48-32-36-17-4-6-21-39(36)42-23-8-10-26-45(42)48)47-30-29-40(43-24-7-9-25-44(43)47)35-19-14-20-37(31-35)50-33-38-18-5-13-28-49(38)52-50/h1-33H. The minimum atomic E-state index is 0.871. The molecule has 0 unspecified atom stereocenters. The maximum absolute atomic E-state index is 6.29. The first-order valence-electron chi connectivity index (χ1n) is 17.8. The molecule has 0 amide bonds. The van der Waals surface area contributed by atoms with Crippen molar-refractivity contribution in [3.05, 3.63) is 200 Å². The Morgan fingerprint density at radius 3 is 1.75 bits per heavy atom. The summed E-state index contributed by atoms with van der Waals surface area (Å²) in [5.41, 5.74) is 10.0. The molecule has 9 aromatic carbocycles. The molecule has 2 nitrogen and oxygen atoms in total. The molecular weight excluding hydrogens is 631 g/mol. The van der Waals surface area contributed by atoms with Gasteiger partial charge >= 0.3 is 0 Å². The Morgan fingerprint density at radius 2 is 0.923 bits per heavy atom. The average molecular weight is 664 g/mol. The fourth-order valence-electron chi connectivity index (χ4n) is 7.83. The van der Waals surface area contributed by atoms with Gasteiger partial charge in [0.1, 0.15) is 11.3 Å². The molecule has 0 radical (unpaired) electrons. The largest absolute Gasteiger partial charge is 0.456 e. The quantitative estimate of drug-likeness (QED) is 0.165. The zero-order valence-corrected chi connectivity index (χ0v) is 28.4. The van der Waals surface area contributed by atoms with Crippen LogP contribution in [0, 0.1) is 0 Å². The van der Waals surface area contributed by atoms with Crippen molar-refractivity contribution in [2.24, 2.45) is 0 Å². The monoisotopic (exact) mass is 663 g/mol. The second kappa shape index (κ2) is 12.5. The molecule has 244 valence electrons. The number of furan rings is 1. The van der Waals surface area contributed by atoms with E-state index in [1.165, 1.54) is 49.0 Å². The summed E-state index contributed by atoms with van der Waals surface area (Å²) in [4.78, 5) is 2.48. The second-order valence-electron chi connectivity index (χ2n) is 13.3. The minimum Gasteiger partial charge on any atom is -0.456 e. The molecule has 10 aromatic rings. The first kappa shape index (κ1) is 30.0. The van der Waals surface area contributed by atoms with Crippen LogP contribution in [0.4, 0.5) is 17.1 Å². The van der Waals surface area contributed by atoms with E-state index >= 15 is 0 Å². The predicted molar refractivity (Wildman–Crippen MR) is 220 cm³/mol. The lowest BCUT2D eigenvalue weighted by Gasteiger charge is -2.31. The van der Waals surface area contributed by atoms with E-state index in [9.17, 15) is 0 Å². The van der Waals surface area contributed by atoms with Gasteiger partial charge in [-0.1, -0.05) is 164 Å². The lowest BCUT2D eigenvalue weighted by atomic mass is 9.93. The molecule has 52 heavy (non-hydrogen) atoms. The average Bonchev–Trinajstić information content (AvgIpc) is 3.66. The van der Waals surface area contributed by atoms with Gasteiger partial charge < -0.3 is 9.32 Å². The molecule has 10 rings (SSSR count). The Kier molecular flexibility index (Phi) is 7.18. The lowest BCUT2D eigenvalue weighted by molar-refractivity contribution is 0.631. The van der Waals surface area contributed by atoms with Gasteiger partial charge in [-0.15, -0.1) is 0 Å². The summed E-state index contributed by atoms with van der Waals surface area (Å²) < 4.78 is 6.29. The number of nitrogens with zero attached hydrogens (tertiary/aromatic N) is 1. The van der Waals surface area contributed by atoms with Crippen LogP contribution in [0.3, 0.4) is 0 Å². The van der Waals surface area contributed by atoms with Gasteiger partial charge in [0.2, 0.25) is 0 Å². The van der Waals surface area contributed by atoms with E-state index in [0.717, 1.165) is 44.9 Å². The van der Waals surface area contributed by atoms with Crippen molar-refractivity contribution in [1.82, 2.24) is 0 Å². The van der Waals surface area contributed by atoms with Crippen LogP contribution in [0.25, 0.3) is 76.9 Å². The molecule has 0 fully saturated rings. The van der Waals surface area contributed by atoms with E-state index in [0.29, 0.717) is 0 Å². The number of hydrogen-bond donors (Lipinski definition) is 0. The van der Waals surface area contributed by atoms with Crippen molar-refractivity contribution >= 4 is 60.3 Å². The predicted octanol–water partition coefficient (Wildman–Crippen LogP) is 14.4. The summed E-state index contributed by atoms with van der Waals surface area (Å²) in [7, 11) is 0. The van der Waals surface area contributed by atoms with Crippen LogP contribution in [0.15, 0.2) is 205 Å². The summed E-state index contributed by atoms with van der Waals surface area (Å²) in [5.74, 6) is 0.871. The molecule has 0 saturated carbocycles. The zero-order chi connectivity index (χ0) is 34.4. The summed E-state index contributed by atoms with van der Waals surface area (Å²) in [6.45, 7) is 0. The molecule has 1 aromatic heterocycles. The number of para-hydroxylation sites is 2. The van der Waals surface area contributed by atoms with Crippen molar-refractivity contribution < 1.29 is 4.42 Å². The van der Waals surface area contributed by atoms with Gasteiger partial charge in [0.15, 0.2) is 0 Å². The molecule has 0 N–H and O–H groups in total. The number of benzene rings is 9. The molecule has 0 aliphatic rings. The third-order valence-corrected chi connectivity index (χ3v) is 10.2. The van der Waals surface area contributed by atoms with Crippen molar-refractivity contribution in [2.45, 2.75) is 0 Å². The van der Waals surface area contributed by atoms with Crippen LogP contribution >= 0.6 is 0 Å². The fraction of sp³-hybridized carbons (Fsp3) is 0. The van der Waals surface area contributed by atoms with Crippen LogP contribution in [0.5, 0.6) is 0 Å². The van der Waals surface area contributed by atoms with E-state index < -0.39 is 0 Å². The summed E-state index contributed by atoms with van der Waals surface area (Å²) in [6, 6.07) is 71.8. The van der Waals surface area contributed by atoms with Crippen molar-refractivity contribution in [3.63, 3.8) is 0 Å². The number of fused-ring (bicyclic) bond motifs is 5. The van der Waals surface area contributed by atoms with Gasteiger partial charge in [-0.25, -0.2) is 0 Å². The van der Waals surface area contributed by atoms with Crippen LogP contribution in [0.2, 0.25) is 0 Å². The third-order valence-electron chi connectivity index (χ3n) is 10.2. The van der Waals surface area contributed by atoms with Gasteiger partial charge in [0.05, 0.1) is 17.1 Å². The van der Waals surface area contributed by atoms with Crippen molar-refractivity contribution in [3.8, 4) is 33.6 Å². The summed E-state index contributed by atoms with van der Waals surface area (Å²) in [6.07, 6.45) is 0. The summed E-state index contributed by atoms with van der Waals surface area (Å²) >= 11 is 0. The Balaban J connectivity index is 1.22. The minimum absolute atomic E-state index is 0.871. The van der Waals surface area contributed by atoms with E-state index in [-0.39, 0.29) is 0 Å². The topological polar surface area (TPSA) is 16.4 Å². The highest BCUT2D eigenvalue weighted by atomic mass is 16.3. The van der Waals surface area contributed by atoms with Crippen molar-refractivity contribution in [2.75, 3.05) is 4.90 Å². The van der Waals surface area contributed by atoms with E-state index in [2.05, 4.69) is 187 Å². The van der Waals surface area contributed by atoms with E-state index in [1.807, 2.05) is 18.2 Å². The summed E-state index contributed by atoms with van der Waals surface area (Å²) in [5, 5.41) is 8.37. The van der Waals surface area contributed by atoms with Gasteiger partial charge in [-0.05, 0) is 74.6 Å². The highest BCUT2D eigenvalue weighted by Crippen LogP contribution is 2.48. The number of rotatable bonds is 6. The van der Waals surface area contributed by atoms with Crippen molar-refractivity contribution in [1.29, 1.82) is 0 Å². The van der Waals surface area contributed by atoms with Gasteiger partial charge in [-0.2, -0.15) is 0 Å². The van der Waals surface area contributed by atoms with Crippen LogP contribution in [0.1, 0.15) is 0 Å². The normalized spacial score (nSPS) is 11.5. The highest BCUT2D eigenvalue weighted by molar-refractivity contribution is 6.17. The first-order valence-corrected chi connectivity index (χ1v) is 17.8. The maximum Gasteiger partial charge on any atom is 0.135 e. The van der Waals surface area contributed by atoms with Crippen LogP contribution < -0.4 is 4.90 Å². The Labute approximate surface area is 302 Å². The number of hydrogen-bond acceptors (Lipinski definition) is 2. The highest BCUT2D eigenvalue weighted by Gasteiger charge is 2.23. The molecule has 0 bridgehead atoms. The Hall–Kier alpha value is -6.90. The lowest BCUT2D eigenvalue weighted by Crippen LogP contribution is -2.12. The molecule has 0 aliphatic carbocycles. The molecular formula is C50H33NO. The Bertz CT molecular complexity index is 2890. The SMILES string of the molecule is c1ccc(-c2ccccc2N(c2ccc(-c3cccc(-c4cc5ccccc5o4)c3)c3ccccc23)c2cc3ccccc3c3ccccc23)cc1.